The summed E-state index contributed by atoms with van der Waals surface area (Å²) in [5.41, 5.74) is 1.73. The molecule has 6 rings (SSSR count). The summed E-state index contributed by atoms with van der Waals surface area (Å²) in [6.07, 6.45) is 3.20. The van der Waals surface area contributed by atoms with Gasteiger partial charge in [-0.1, -0.05) is 41.1 Å². The molecule has 2 amide bonds. The van der Waals surface area contributed by atoms with Crippen LogP contribution in [0.2, 0.25) is 5.02 Å². The molecule has 1 aliphatic rings. The van der Waals surface area contributed by atoms with Gasteiger partial charge < -0.3 is 15.3 Å². The number of nitrogens with one attached hydrogen (secondary N) is 1. The number of carbonyl (C=O) groups excluding carboxylic acids is 2. The van der Waals surface area contributed by atoms with Crippen molar-refractivity contribution in [3.05, 3.63) is 135 Å². The summed E-state index contributed by atoms with van der Waals surface area (Å²) in [5, 5.41) is 19.7. The van der Waals surface area contributed by atoms with Gasteiger partial charge in [-0.2, -0.15) is 0 Å². The molecule has 5 aromatic rings. The maximum Gasteiger partial charge on any atom is 0.335 e. The van der Waals surface area contributed by atoms with Crippen molar-refractivity contribution in [1.82, 2.24) is 24.5 Å². The highest BCUT2D eigenvalue weighted by atomic mass is 35.5. The minimum atomic E-state index is -1.17. The number of carboxylic acids is 1. The first-order valence-electron chi connectivity index (χ1n) is 13.3. The molecular weight excluding hydrogens is 591 g/mol. The summed E-state index contributed by atoms with van der Waals surface area (Å²) >= 11 is 5.91. The van der Waals surface area contributed by atoms with E-state index in [0.717, 1.165) is 4.68 Å². The minimum Gasteiger partial charge on any atom is -0.478 e. The van der Waals surface area contributed by atoms with Crippen LogP contribution in [0.4, 0.5) is 10.1 Å². The van der Waals surface area contributed by atoms with Crippen LogP contribution in [-0.2, 0) is 11.2 Å². The summed E-state index contributed by atoms with van der Waals surface area (Å²) < 4.78 is 17.2. The Balaban J connectivity index is 1.40. The number of benzene rings is 3. The number of hydrogen-bond donors (Lipinski definition) is 2. The number of nitrogens with zero attached hydrogens (tertiary/aromatic N) is 5. The number of pyridine rings is 1. The van der Waals surface area contributed by atoms with Crippen molar-refractivity contribution in [2.45, 2.75) is 12.5 Å². The lowest BCUT2D eigenvalue weighted by Gasteiger charge is -2.36. The van der Waals surface area contributed by atoms with Gasteiger partial charge in [0.05, 0.1) is 22.5 Å². The number of carbonyl (C=O) groups is 3. The number of halogens is 2. The zero-order valence-electron chi connectivity index (χ0n) is 22.7. The SMILES string of the molecule is O=C(O)c1ccc(NC(=O)C2c3cccc(-n4ccccc4=O)c3CCN2C(=O)c2cn(-c3cccc(Cl)c3F)nn2)cc1. The van der Waals surface area contributed by atoms with Crippen molar-refractivity contribution in [3.63, 3.8) is 0 Å². The molecule has 3 aromatic carbocycles. The standard InChI is InChI=1S/C31H22ClFN6O5/c32-22-6-4-8-25(27(22)33)39-17-23(35-36-39)30(42)38-16-14-20-21(5-3-7-24(20)37-15-2-1-9-26(37)40)28(38)29(41)34-19-12-10-18(11-13-19)31(43)44/h1-13,15,17,28H,14,16H2,(H,34,41)(H,43,44). The lowest BCUT2D eigenvalue weighted by molar-refractivity contribution is -0.121. The minimum absolute atomic E-state index is 0.00918. The van der Waals surface area contributed by atoms with Gasteiger partial charge in [0.15, 0.2) is 11.5 Å². The summed E-state index contributed by atoms with van der Waals surface area (Å²) in [5.74, 6) is -3.06. The fraction of sp³-hybridized carbons (Fsp3) is 0.0968. The first-order valence-corrected chi connectivity index (χ1v) is 13.7. The Morgan fingerprint density at radius 2 is 1.70 bits per heavy atom. The van der Waals surface area contributed by atoms with Gasteiger partial charge in [-0.05, 0) is 66.1 Å². The smallest absolute Gasteiger partial charge is 0.335 e. The maximum absolute atomic E-state index is 14.6. The number of carboxylic acid groups (broad SMARTS) is 1. The molecule has 0 aliphatic carbocycles. The first kappa shape index (κ1) is 28.5. The van der Waals surface area contributed by atoms with Crippen LogP contribution in [-0.4, -0.2) is 53.9 Å². The van der Waals surface area contributed by atoms with Crippen LogP contribution in [0.5, 0.6) is 0 Å². The number of fused-ring (bicyclic) bond motifs is 1. The van der Waals surface area contributed by atoms with E-state index in [1.165, 1.54) is 64.2 Å². The van der Waals surface area contributed by atoms with E-state index in [-0.39, 0.29) is 34.1 Å². The molecule has 2 aromatic heterocycles. The molecule has 0 spiro atoms. The van der Waals surface area contributed by atoms with Crippen LogP contribution in [0.25, 0.3) is 11.4 Å². The largest absolute Gasteiger partial charge is 0.478 e. The number of aromatic nitrogens is 4. The van der Waals surface area contributed by atoms with Gasteiger partial charge >= 0.3 is 5.97 Å². The van der Waals surface area contributed by atoms with Crippen molar-refractivity contribution in [2.24, 2.45) is 0 Å². The number of rotatable bonds is 6. The highest BCUT2D eigenvalue weighted by molar-refractivity contribution is 6.30. The molecule has 11 nitrogen and oxygen atoms in total. The molecule has 0 radical (unpaired) electrons. The van der Waals surface area contributed by atoms with Crippen LogP contribution in [0.1, 0.15) is 38.0 Å². The number of aromatic carboxylic acids is 1. The van der Waals surface area contributed by atoms with Crippen molar-refractivity contribution in [2.75, 3.05) is 11.9 Å². The van der Waals surface area contributed by atoms with Gasteiger partial charge in [0.25, 0.3) is 17.4 Å². The van der Waals surface area contributed by atoms with Crippen LogP contribution >= 0.6 is 11.6 Å². The summed E-state index contributed by atoms with van der Waals surface area (Å²) in [4.78, 5) is 53.1. The second-order valence-electron chi connectivity index (χ2n) is 9.90. The van der Waals surface area contributed by atoms with E-state index in [9.17, 15) is 28.7 Å². The molecule has 44 heavy (non-hydrogen) atoms. The van der Waals surface area contributed by atoms with Gasteiger partial charge in [-0.25, -0.2) is 13.9 Å². The van der Waals surface area contributed by atoms with E-state index < -0.39 is 29.6 Å². The molecule has 220 valence electrons. The zero-order chi connectivity index (χ0) is 31.0. The molecular formula is C31H22ClFN6O5. The van der Waals surface area contributed by atoms with Crippen LogP contribution in [0.15, 0.2) is 96.1 Å². The average Bonchev–Trinajstić information content (AvgIpc) is 3.52. The summed E-state index contributed by atoms with van der Waals surface area (Å²) in [6, 6.07) is 18.7. The van der Waals surface area contributed by atoms with Crippen LogP contribution < -0.4 is 10.9 Å². The highest BCUT2D eigenvalue weighted by Gasteiger charge is 2.38. The number of anilines is 1. The third-order valence-electron chi connectivity index (χ3n) is 7.28. The second kappa shape index (κ2) is 11.6. The Morgan fingerprint density at radius 3 is 2.45 bits per heavy atom. The van der Waals surface area contributed by atoms with E-state index in [2.05, 4.69) is 15.6 Å². The molecule has 3 heterocycles. The summed E-state index contributed by atoms with van der Waals surface area (Å²) in [7, 11) is 0. The normalized spacial score (nSPS) is 14.1. The maximum atomic E-state index is 14.6. The van der Waals surface area contributed by atoms with Crippen molar-refractivity contribution in [3.8, 4) is 11.4 Å². The zero-order valence-corrected chi connectivity index (χ0v) is 23.5. The van der Waals surface area contributed by atoms with E-state index >= 15 is 0 Å². The summed E-state index contributed by atoms with van der Waals surface area (Å²) in [6.45, 7) is 0.0822. The molecule has 0 fully saturated rings. The van der Waals surface area contributed by atoms with E-state index in [1.54, 1.807) is 36.5 Å². The van der Waals surface area contributed by atoms with Gasteiger partial charge in [-0.15, -0.1) is 5.10 Å². The third kappa shape index (κ3) is 5.22. The van der Waals surface area contributed by atoms with Gasteiger partial charge in [0, 0.05) is 24.5 Å². The molecule has 2 N–H and O–H groups in total. The first-order chi connectivity index (χ1) is 21.2. The lowest BCUT2D eigenvalue weighted by atomic mass is 9.90. The predicted octanol–water partition coefficient (Wildman–Crippen LogP) is 4.29. The van der Waals surface area contributed by atoms with E-state index in [1.807, 2.05) is 0 Å². The van der Waals surface area contributed by atoms with Crippen LogP contribution in [0.3, 0.4) is 0 Å². The second-order valence-corrected chi connectivity index (χ2v) is 10.3. The number of amides is 2. The molecule has 1 aliphatic heterocycles. The Kier molecular flexibility index (Phi) is 7.50. The molecule has 1 atom stereocenters. The Bertz CT molecular complexity index is 1990. The van der Waals surface area contributed by atoms with Crippen molar-refractivity contribution < 1.29 is 23.9 Å². The quantitative estimate of drug-likeness (QED) is 0.292. The van der Waals surface area contributed by atoms with Gasteiger partial charge in [0.2, 0.25) is 0 Å². The van der Waals surface area contributed by atoms with Crippen molar-refractivity contribution in [1.29, 1.82) is 0 Å². The molecule has 0 saturated heterocycles. The van der Waals surface area contributed by atoms with E-state index in [4.69, 9.17) is 11.6 Å². The third-order valence-corrected chi connectivity index (χ3v) is 7.57. The Morgan fingerprint density at radius 1 is 0.955 bits per heavy atom. The monoisotopic (exact) mass is 612 g/mol. The Labute approximate surface area is 253 Å². The van der Waals surface area contributed by atoms with Crippen molar-refractivity contribution >= 4 is 35.1 Å². The fourth-order valence-electron chi connectivity index (χ4n) is 5.21. The molecule has 0 bridgehead atoms. The van der Waals surface area contributed by atoms with Gasteiger partial charge in [0.1, 0.15) is 11.7 Å². The number of hydrogen-bond acceptors (Lipinski definition) is 6. The predicted molar refractivity (Wildman–Crippen MR) is 158 cm³/mol. The Hall–Kier alpha value is -5.62. The van der Waals surface area contributed by atoms with E-state index in [0.29, 0.717) is 28.9 Å². The van der Waals surface area contributed by atoms with Crippen LogP contribution in [0, 0.1) is 5.82 Å². The topological polar surface area (TPSA) is 139 Å². The highest BCUT2D eigenvalue weighted by Crippen LogP contribution is 2.35. The molecule has 13 heteroatoms. The van der Waals surface area contributed by atoms with Gasteiger partial charge in [-0.3, -0.25) is 19.0 Å². The molecule has 1 unspecified atom stereocenters. The molecule has 0 saturated carbocycles. The fourth-order valence-corrected chi connectivity index (χ4v) is 5.38. The average molecular weight is 613 g/mol. The lowest BCUT2D eigenvalue weighted by Crippen LogP contribution is -2.46.